The molecule has 0 spiro atoms. The van der Waals surface area contributed by atoms with E-state index in [1.54, 1.807) is 16.8 Å². The zero-order chi connectivity index (χ0) is 17.8. The molecule has 0 unspecified atom stereocenters. The van der Waals surface area contributed by atoms with Crippen LogP contribution in [0.5, 0.6) is 0 Å². The van der Waals surface area contributed by atoms with Crippen LogP contribution >= 0.6 is 11.9 Å². The van der Waals surface area contributed by atoms with Crippen molar-refractivity contribution in [2.24, 2.45) is 0 Å². The van der Waals surface area contributed by atoms with E-state index in [0.717, 1.165) is 27.4 Å². The molecule has 2 aromatic heterocycles. The zero-order valence-electron chi connectivity index (χ0n) is 13.8. The number of benzene rings is 2. The summed E-state index contributed by atoms with van der Waals surface area (Å²) in [4.78, 5) is 5.64. The van der Waals surface area contributed by atoms with Crippen LogP contribution < -0.4 is 4.72 Å². The highest BCUT2D eigenvalue weighted by molar-refractivity contribution is 7.97. The van der Waals surface area contributed by atoms with Crippen molar-refractivity contribution in [3.05, 3.63) is 84.2 Å². The van der Waals surface area contributed by atoms with Crippen LogP contribution in [0.2, 0.25) is 0 Å². The molecule has 5 nitrogen and oxygen atoms in total. The molecule has 0 aliphatic rings. The number of nitrogens with one attached hydrogen (secondary N) is 1. The summed E-state index contributed by atoms with van der Waals surface area (Å²) in [5.41, 5.74) is 4.63. The molecule has 26 heavy (non-hydrogen) atoms. The summed E-state index contributed by atoms with van der Waals surface area (Å²) in [5, 5.41) is 13.2. The van der Waals surface area contributed by atoms with Crippen molar-refractivity contribution < 1.29 is 0 Å². The summed E-state index contributed by atoms with van der Waals surface area (Å²) in [5.74, 6) is 0. The zero-order valence-corrected chi connectivity index (χ0v) is 14.6. The first-order chi connectivity index (χ1) is 12.8. The molecule has 0 aliphatic carbocycles. The van der Waals surface area contributed by atoms with Crippen molar-refractivity contribution in [3.8, 4) is 17.3 Å². The Morgan fingerprint density at radius 1 is 1.08 bits per heavy atom. The highest BCUT2D eigenvalue weighted by Crippen LogP contribution is 2.21. The van der Waals surface area contributed by atoms with Gasteiger partial charge in [0.1, 0.15) is 0 Å². The van der Waals surface area contributed by atoms with Crippen molar-refractivity contribution in [1.82, 2.24) is 19.3 Å². The number of hydrogen-bond acceptors (Lipinski definition) is 5. The molecule has 0 fully saturated rings. The Kier molecular flexibility index (Phi) is 4.65. The van der Waals surface area contributed by atoms with Crippen LogP contribution in [0, 0.1) is 11.3 Å². The maximum absolute atomic E-state index is 8.96. The normalized spacial score (nSPS) is 10.7. The third-order valence-corrected chi connectivity index (χ3v) is 4.67. The fraction of sp³-hybridized carbons (Fsp3) is 0.0500. The molecule has 2 aromatic carbocycles. The second kappa shape index (κ2) is 7.40. The minimum atomic E-state index is 0.666. The first-order valence-corrected chi connectivity index (χ1v) is 8.93. The van der Waals surface area contributed by atoms with Crippen molar-refractivity contribution >= 4 is 17.6 Å². The smallest absolute Gasteiger partial charge is 0.154 e. The van der Waals surface area contributed by atoms with Gasteiger partial charge < -0.3 is 0 Å². The van der Waals surface area contributed by atoms with E-state index in [4.69, 9.17) is 5.26 Å². The fourth-order valence-corrected chi connectivity index (χ4v) is 3.38. The van der Waals surface area contributed by atoms with Gasteiger partial charge in [-0.1, -0.05) is 24.3 Å². The SMILES string of the molecule is N#Cc1cccc(SNCc2cccc(-c3cn4ncccc4n3)c2)c1. The topological polar surface area (TPSA) is 66.0 Å². The van der Waals surface area contributed by atoms with Gasteiger partial charge in [-0.2, -0.15) is 10.4 Å². The molecule has 0 saturated carbocycles. The van der Waals surface area contributed by atoms with Crippen LogP contribution in [0.1, 0.15) is 11.1 Å². The molecule has 0 atom stereocenters. The van der Waals surface area contributed by atoms with E-state index in [0.29, 0.717) is 12.1 Å². The maximum atomic E-state index is 8.96. The van der Waals surface area contributed by atoms with E-state index in [9.17, 15) is 0 Å². The standard InChI is InChI=1S/C20H15N5S/c21-12-15-4-2-7-18(11-15)26-23-13-16-5-1-6-17(10-16)19-14-25-20(24-19)8-3-9-22-25/h1-11,14,23H,13H2. The average Bonchev–Trinajstić information content (AvgIpc) is 3.13. The molecule has 2 heterocycles. The van der Waals surface area contributed by atoms with E-state index < -0.39 is 0 Å². The molecule has 0 bridgehead atoms. The Morgan fingerprint density at radius 2 is 2.00 bits per heavy atom. The third kappa shape index (κ3) is 3.59. The number of hydrogen-bond donors (Lipinski definition) is 1. The molecule has 0 aliphatic heterocycles. The van der Waals surface area contributed by atoms with Gasteiger partial charge in [-0.05, 0) is 53.9 Å². The Morgan fingerprint density at radius 3 is 2.88 bits per heavy atom. The average molecular weight is 357 g/mol. The molecule has 0 radical (unpaired) electrons. The van der Waals surface area contributed by atoms with Crippen LogP contribution in [0.3, 0.4) is 0 Å². The Bertz CT molecular complexity index is 1060. The quantitative estimate of drug-likeness (QED) is 0.546. The van der Waals surface area contributed by atoms with Crippen molar-refractivity contribution in [1.29, 1.82) is 5.26 Å². The molecule has 4 rings (SSSR count). The predicted molar refractivity (Wildman–Crippen MR) is 102 cm³/mol. The van der Waals surface area contributed by atoms with Crippen LogP contribution in [0.15, 0.2) is 78.0 Å². The van der Waals surface area contributed by atoms with E-state index >= 15 is 0 Å². The first-order valence-electron chi connectivity index (χ1n) is 8.11. The Hall–Kier alpha value is -3.14. The lowest BCUT2D eigenvalue weighted by molar-refractivity contribution is 0.936. The van der Waals surface area contributed by atoms with Gasteiger partial charge >= 0.3 is 0 Å². The van der Waals surface area contributed by atoms with Gasteiger partial charge in [0, 0.05) is 23.2 Å². The highest BCUT2D eigenvalue weighted by Gasteiger charge is 2.05. The summed E-state index contributed by atoms with van der Waals surface area (Å²) in [7, 11) is 0. The Balaban J connectivity index is 1.46. The lowest BCUT2D eigenvalue weighted by Gasteiger charge is -2.06. The minimum absolute atomic E-state index is 0.666. The van der Waals surface area contributed by atoms with Crippen LogP contribution in [0.25, 0.3) is 16.9 Å². The second-order valence-corrected chi connectivity index (χ2v) is 6.68. The third-order valence-electron chi connectivity index (χ3n) is 3.89. The lowest BCUT2D eigenvalue weighted by atomic mass is 10.1. The van der Waals surface area contributed by atoms with Gasteiger partial charge in [0.25, 0.3) is 0 Å². The second-order valence-electron chi connectivity index (χ2n) is 5.72. The van der Waals surface area contributed by atoms with E-state index in [1.165, 1.54) is 11.9 Å². The number of nitrogens with zero attached hydrogens (tertiary/aromatic N) is 4. The fourth-order valence-electron chi connectivity index (χ4n) is 2.64. The van der Waals surface area contributed by atoms with Crippen molar-refractivity contribution in [3.63, 3.8) is 0 Å². The summed E-state index contributed by atoms with van der Waals surface area (Å²) < 4.78 is 5.12. The monoisotopic (exact) mass is 357 g/mol. The van der Waals surface area contributed by atoms with E-state index in [-0.39, 0.29) is 0 Å². The summed E-state index contributed by atoms with van der Waals surface area (Å²) in [6, 6.07) is 21.8. The highest BCUT2D eigenvalue weighted by atomic mass is 32.2. The molecule has 4 aromatic rings. The molecule has 0 saturated heterocycles. The van der Waals surface area contributed by atoms with Gasteiger partial charge in [0.2, 0.25) is 0 Å². The number of nitriles is 1. The number of imidazole rings is 1. The number of aromatic nitrogens is 3. The molecule has 126 valence electrons. The minimum Gasteiger partial charge on any atom is -0.255 e. The molecule has 1 N–H and O–H groups in total. The number of rotatable bonds is 5. The Labute approximate surface area is 155 Å². The van der Waals surface area contributed by atoms with Gasteiger partial charge in [-0.3, -0.25) is 4.72 Å². The van der Waals surface area contributed by atoms with Crippen LogP contribution in [-0.4, -0.2) is 14.6 Å². The van der Waals surface area contributed by atoms with Gasteiger partial charge in [-0.15, -0.1) is 0 Å². The summed E-state index contributed by atoms with van der Waals surface area (Å²) >= 11 is 1.52. The molecular weight excluding hydrogens is 342 g/mol. The summed E-state index contributed by atoms with van der Waals surface area (Å²) in [6.07, 6.45) is 3.68. The van der Waals surface area contributed by atoms with Crippen LogP contribution in [-0.2, 0) is 6.54 Å². The molecule has 6 heteroatoms. The first kappa shape index (κ1) is 16.3. The lowest BCUT2D eigenvalue weighted by Crippen LogP contribution is -2.03. The number of fused-ring (bicyclic) bond motifs is 1. The van der Waals surface area contributed by atoms with Gasteiger partial charge in [0.05, 0.1) is 23.5 Å². The van der Waals surface area contributed by atoms with Crippen molar-refractivity contribution in [2.75, 3.05) is 0 Å². The molecular formula is C20H15N5S. The predicted octanol–water partition coefficient (Wildman–Crippen LogP) is 4.06. The van der Waals surface area contributed by atoms with E-state index in [2.05, 4.69) is 39.1 Å². The van der Waals surface area contributed by atoms with Gasteiger partial charge in [-0.25, -0.2) is 9.50 Å². The maximum Gasteiger partial charge on any atom is 0.154 e. The molecule has 0 amide bonds. The van der Waals surface area contributed by atoms with E-state index in [1.807, 2.05) is 42.6 Å². The largest absolute Gasteiger partial charge is 0.255 e. The summed E-state index contributed by atoms with van der Waals surface area (Å²) in [6.45, 7) is 0.709. The van der Waals surface area contributed by atoms with Gasteiger partial charge in [0.15, 0.2) is 5.65 Å². The van der Waals surface area contributed by atoms with Crippen molar-refractivity contribution in [2.45, 2.75) is 11.4 Å². The van der Waals surface area contributed by atoms with Crippen LogP contribution in [0.4, 0.5) is 0 Å².